The number of rotatable bonds is 5. The summed E-state index contributed by atoms with van der Waals surface area (Å²) in [6, 6.07) is 21.0. The second-order valence-electron chi connectivity index (χ2n) is 8.88. The average Bonchev–Trinajstić information content (AvgIpc) is 3.39. The van der Waals surface area contributed by atoms with Gasteiger partial charge in [0.1, 0.15) is 5.75 Å². The monoisotopic (exact) mass is 492 g/mol. The number of carbonyl (C=O) groups is 1. The van der Waals surface area contributed by atoms with Gasteiger partial charge in [-0.15, -0.1) is 5.10 Å². The first-order chi connectivity index (χ1) is 18.1. The Labute approximate surface area is 212 Å². The maximum absolute atomic E-state index is 13.8. The molecule has 0 N–H and O–H groups in total. The molecule has 1 aliphatic heterocycles. The number of carbonyl (C=O) groups excluding carboxylic acids is 1. The summed E-state index contributed by atoms with van der Waals surface area (Å²) in [4.78, 5) is 37.4. The number of methoxy groups -OCH3 is 1. The van der Waals surface area contributed by atoms with Crippen LogP contribution in [0.1, 0.15) is 27.4 Å². The number of pyridine rings is 1. The predicted octanol–water partition coefficient (Wildman–Crippen LogP) is 3.21. The number of ether oxygens (including phenoxy) is 1. The third-order valence-electron chi connectivity index (χ3n) is 6.65. The molecule has 0 fully saturated rings. The number of aromatic nitrogens is 5. The highest BCUT2D eigenvalue weighted by molar-refractivity contribution is 5.91. The normalized spacial score (nSPS) is 12.9. The topological polar surface area (TPSA) is 94.6 Å². The summed E-state index contributed by atoms with van der Waals surface area (Å²) >= 11 is 0. The molecule has 0 saturated carbocycles. The van der Waals surface area contributed by atoms with Crippen LogP contribution >= 0.6 is 0 Å². The molecule has 0 unspecified atom stereocenters. The predicted molar refractivity (Wildman–Crippen MR) is 137 cm³/mol. The maximum Gasteiger partial charge on any atom is 0.293 e. The van der Waals surface area contributed by atoms with Crippen molar-refractivity contribution in [3.63, 3.8) is 0 Å². The molecule has 1 amide bonds. The molecule has 4 heterocycles. The van der Waals surface area contributed by atoms with Crippen molar-refractivity contribution in [2.45, 2.75) is 19.5 Å². The Bertz CT molecular complexity index is 1640. The van der Waals surface area contributed by atoms with Gasteiger partial charge in [-0.25, -0.2) is 9.50 Å². The van der Waals surface area contributed by atoms with Crippen LogP contribution in [0, 0.1) is 0 Å². The Morgan fingerprint density at radius 3 is 2.65 bits per heavy atom. The molecule has 2 aromatic carbocycles. The second-order valence-corrected chi connectivity index (χ2v) is 8.88. The fourth-order valence-corrected chi connectivity index (χ4v) is 4.85. The molecule has 1 aliphatic rings. The van der Waals surface area contributed by atoms with Gasteiger partial charge in [-0.3, -0.25) is 9.59 Å². The van der Waals surface area contributed by atoms with E-state index < -0.39 is 0 Å². The molecule has 3 aromatic heterocycles. The average molecular weight is 493 g/mol. The van der Waals surface area contributed by atoms with E-state index in [-0.39, 0.29) is 17.3 Å². The molecule has 0 radical (unpaired) electrons. The molecule has 37 heavy (non-hydrogen) atoms. The van der Waals surface area contributed by atoms with Crippen molar-refractivity contribution in [3.05, 3.63) is 112 Å². The Kier molecular flexibility index (Phi) is 5.72. The van der Waals surface area contributed by atoms with Crippen LogP contribution in [0.2, 0.25) is 0 Å². The van der Waals surface area contributed by atoms with Crippen molar-refractivity contribution >= 4 is 11.7 Å². The molecule has 6 rings (SSSR count). The lowest BCUT2D eigenvalue weighted by Crippen LogP contribution is -2.40. The second kappa shape index (κ2) is 9.34. The standard InChI is InChI=1S/C28H24N6O3/c1-37-24-11-6-5-10-21(24)22-16-20-18-32(27(36)25-30-28-29-13-7-14-34(28)31-25)15-12-23(20)33(26(22)35)17-19-8-3-2-4-9-19/h2-11,13-14,16H,12,15,17-18H2,1H3. The van der Waals surface area contributed by atoms with E-state index in [1.54, 1.807) is 30.5 Å². The molecule has 184 valence electrons. The Morgan fingerprint density at radius 2 is 1.84 bits per heavy atom. The quantitative estimate of drug-likeness (QED) is 0.374. The van der Waals surface area contributed by atoms with Gasteiger partial charge in [0, 0.05) is 43.2 Å². The van der Waals surface area contributed by atoms with Crippen molar-refractivity contribution in [1.29, 1.82) is 0 Å². The zero-order chi connectivity index (χ0) is 25.4. The number of hydrogen-bond acceptors (Lipinski definition) is 6. The number of amides is 1. The van der Waals surface area contributed by atoms with E-state index in [0.29, 0.717) is 43.1 Å². The zero-order valence-electron chi connectivity index (χ0n) is 20.2. The summed E-state index contributed by atoms with van der Waals surface area (Å²) in [7, 11) is 1.59. The SMILES string of the molecule is COc1ccccc1-c1cc2c(n(Cc3ccccc3)c1=O)CCN(C(=O)c1nc3ncccn3n1)C2. The van der Waals surface area contributed by atoms with E-state index >= 15 is 0 Å². The highest BCUT2D eigenvalue weighted by atomic mass is 16.5. The minimum absolute atomic E-state index is 0.0834. The molecule has 0 aliphatic carbocycles. The molecule has 0 atom stereocenters. The summed E-state index contributed by atoms with van der Waals surface area (Å²) in [6.45, 7) is 1.24. The Morgan fingerprint density at radius 1 is 1.03 bits per heavy atom. The van der Waals surface area contributed by atoms with Crippen molar-refractivity contribution in [2.24, 2.45) is 0 Å². The molecular formula is C28H24N6O3. The lowest BCUT2D eigenvalue weighted by molar-refractivity contribution is 0.0720. The summed E-state index contributed by atoms with van der Waals surface area (Å²) < 4.78 is 8.89. The van der Waals surface area contributed by atoms with E-state index in [0.717, 1.165) is 22.4 Å². The fraction of sp³-hybridized carbons (Fsp3) is 0.179. The lowest BCUT2D eigenvalue weighted by atomic mass is 9.98. The molecule has 5 aromatic rings. The number of hydrogen-bond donors (Lipinski definition) is 0. The minimum atomic E-state index is -0.268. The van der Waals surface area contributed by atoms with Crippen molar-refractivity contribution < 1.29 is 9.53 Å². The summed E-state index contributed by atoms with van der Waals surface area (Å²) in [5, 5.41) is 4.30. The minimum Gasteiger partial charge on any atom is -0.496 e. The van der Waals surface area contributed by atoms with Gasteiger partial charge in [-0.05, 0) is 29.3 Å². The number of fused-ring (bicyclic) bond motifs is 2. The molecule has 9 nitrogen and oxygen atoms in total. The van der Waals surface area contributed by atoms with Crippen LogP contribution < -0.4 is 10.3 Å². The van der Waals surface area contributed by atoms with E-state index in [4.69, 9.17) is 4.74 Å². The van der Waals surface area contributed by atoms with Crippen LogP contribution in [-0.2, 0) is 19.5 Å². The first kappa shape index (κ1) is 22.7. The lowest BCUT2D eigenvalue weighted by Gasteiger charge is -2.30. The van der Waals surface area contributed by atoms with Gasteiger partial charge >= 0.3 is 0 Å². The Balaban J connectivity index is 1.43. The van der Waals surface area contributed by atoms with E-state index in [9.17, 15) is 9.59 Å². The van der Waals surface area contributed by atoms with Gasteiger partial charge in [-0.1, -0.05) is 48.5 Å². The van der Waals surface area contributed by atoms with Crippen LogP contribution in [0.25, 0.3) is 16.9 Å². The first-order valence-corrected chi connectivity index (χ1v) is 12.0. The van der Waals surface area contributed by atoms with Crippen LogP contribution in [0.3, 0.4) is 0 Å². The smallest absolute Gasteiger partial charge is 0.293 e. The number of para-hydroxylation sites is 1. The van der Waals surface area contributed by atoms with Gasteiger partial charge in [-0.2, -0.15) is 4.98 Å². The summed E-state index contributed by atoms with van der Waals surface area (Å²) in [5.74, 6) is 0.829. The number of nitrogens with zero attached hydrogens (tertiary/aromatic N) is 6. The van der Waals surface area contributed by atoms with Gasteiger partial charge in [0.25, 0.3) is 17.2 Å². The van der Waals surface area contributed by atoms with Crippen molar-refractivity contribution in [3.8, 4) is 16.9 Å². The summed E-state index contributed by atoms with van der Waals surface area (Å²) in [6.07, 6.45) is 3.86. The van der Waals surface area contributed by atoms with Gasteiger partial charge < -0.3 is 14.2 Å². The maximum atomic E-state index is 13.8. The van der Waals surface area contributed by atoms with E-state index in [2.05, 4.69) is 15.1 Å². The molecular weight excluding hydrogens is 468 g/mol. The zero-order valence-corrected chi connectivity index (χ0v) is 20.2. The molecule has 0 bridgehead atoms. The van der Waals surface area contributed by atoms with Gasteiger partial charge in [0.15, 0.2) is 0 Å². The fourth-order valence-electron chi connectivity index (χ4n) is 4.85. The number of benzene rings is 2. The largest absolute Gasteiger partial charge is 0.496 e. The van der Waals surface area contributed by atoms with Crippen molar-refractivity contribution in [1.82, 2.24) is 29.0 Å². The Hall–Kier alpha value is -4.79. The van der Waals surface area contributed by atoms with Crippen LogP contribution in [0.5, 0.6) is 5.75 Å². The van der Waals surface area contributed by atoms with E-state index in [1.165, 1.54) is 4.52 Å². The third kappa shape index (κ3) is 4.14. The molecule has 9 heteroatoms. The van der Waals surface area contributed by atoms with Crippen LogP contribution in [-0.4, -0.2) is 48.6 Å². The molecule has 0 saturated heterocycles. The molecule has 0 spiro atoms. The van der Waals surface area contributed by atoms with Gasteiger partial charge in [0.05, 0.1) is 19.2 Å². The van der Waals surface area contributed by atoms with Crippen LogP contribution in [0.4, 0.5) is 0 Å². The first-order valence-electron chi connectivity index (χ1n) is 12.0. The van der Waals surface area contributed by atoms with E-state index in [1.807, 2.05) is 65.2 Å². The highest BCUT2D eigenvalue weighted by Gasteiger charge is 2.28. The third-order valence-corrected chi connectivity index (χ3v) is 6.65. The van der Waals surface area contributed by atoms with Crippen LogP contribution in [0.15, 0.2) is 83.9 Å². The summed E-state index contributed by atoms with van der Waals surface area (Å²) in [5.41, 5.74) is 4.05. The highest BCUT2D eigenvalue weighted by Crippen LogP contribution is 2.30. The van der Waals surface area contributed by atoms with Crippen molar-refractivity contribution in [2.75, 3.05) is 13.7 Å². The van der Waals surface area contributed by atoms with Gasteiger partial charge in [0.2, 0.25) is 5.82 Å².